The first-order valence-corrected chi connectivity index (χ1v) is 4.97. The number of nitrogens with zero attached hydrogens (tertiary/aromatic N) is 3. The monoisotopic (exact) mass is 225 g/mol. The van der Waals surface area contributed by atoms with Crippen LogP contribution in [0.15, 0.2) is 17.2 Å². The van der Waals surface area contributed by atoms with Gasteiger partial charge in [0, 0.05) is 39.5 Å². The van der Waals surface area contributed by atoms with E-state index in [0.717, 1.165) is 0 Å². The molecule has 0 amide bonds. The van der Waals surface area contributed by atoms with Crippen molar-refractivity contribution in [1.29, 1.82) is 0 Å². The maximum atomic E-state index is 11.6. The summed E-state index contributed by atoms with van der Waals surface area (Å²) in [6.07, 6.45) is 3.71. The van der Waals surface area contributed by atoms with Gasteiger partial charge < -0.3 is 14.6 Å². The van der Waals surface area contributed by atoms with Gasteiger partial charge in [-0.25, -0.2) is 4.98 Å². The first kappa shape index (κ1) is 12.2. The summed E-state index contributed by atoms with van der Waals surface area (Å²) in [4.78, 5) is 27.6. The summed E-state index contributed by atoms with van der Waals surface area (Å²) in [6.45, 7) is 0.499. The molecule has 88 valence electrons. The summed E-state index contributed by atoms with van der Waals surface area (Å²) in [5.74, 6) is -0.488. The normalized spacial score (nSPS) is 10.1. The van der Waals surface area contributed by atoms with Crippen molar-refractivity contribution in [3.05, 3.63) is 22.7 Å². The molecule has 0 saturated carbocycles. The molecular weight excluding hydrogens is 210 g/mol. The SMILES string of the molecule is CN(CCCC(=O)O)c1nccn(C)c1=O. The molecule has 1 rings (SSSR count). The van der Waals surface area contributed by atoms with E-state index in [9.17, 15) is 9.59 Å². The van der Waals surface area contributed by atoms with E-state index in [4.69, 9.17) is 5.11 Å². The van der Waals surface area contributed by atoms with Crippen LogP contribution < -0.4 is 10.5 Å². The van der Waals surface area contributed by atoms with Crippen LogP contribution in [0.2, 0.25) is 0 Å². The van der Waals surface area contributed by atoms with Gasteiger partial charge in [-0.05, 0) is 6.42 Å². The lowest BCUT2D eigenvalue weighted by Crippen LogP contribution is -2.30. The number of hydrogen-bond donors (Lipinski definition) is 1. The lowest BCUT2D eigenvalue weighted by atomic mass is 10.3. The molecule has 0 aromatic carbocycles. The van der Waals surface area contributed by atoms with Crippen LogP contribution in [0, 0.1) is 0 Å². The van der Waals surface area contributed by atoms with Gasteiger partial charge in [-0.15, -0.1) is 0 Å². The molecule has 0 bridgehead atoms. The number of rotatable bonds is 5. The maximum absolute atomic E-state index is 11.6. The van der Waals surface area contributed by atoms with Crippen molar-refractivity contribution in [2.75, 3.05) is 18.5 Å². The van der Waals surface area contributed by atoms with Crippen molar-refractivity contribution < 1.29 is 9.90 Å². The van der Waals surface area contributed by atoms with E-state index in [1.54, 1.807) is 31.4 Å². The molecule has 0 saturated heterocycles. The highest BCUT2D eigenvalue weighted by Crippen LogP contribution is 2.02. The summed E-state index contributed by atoms with van der Waals surface area (Å²) in [6, 6.07) is 0. The number of carboxylic acid groups (broad SMARTS) is 1. The second-order valence-electron chi connectivity index (χ2n) is 3.59. The summed E-state index contributed by atoms with van der Waals surface area (Å²) < 4.78 is 1.44. The van der Waals surface area contributed by atoms with Crippen LogP contribution in [0.4, 0.5) is 5.82 Å². The Labute approximate surface area is 93.1 Å². The van der Waals surface area contributed by atoms with E-state index in [1.165, 1.54) is 4.57 Å². The van der Waals surface area contributed by atoms with Gasteiger partial charge in [0.05, 0.1) is 0 Å². The molecule has 6 nitrogen and oxygen atoms in total. The largest absolute Gasteiger partial charge is 0.481 e. The van der Waals surface area contributed by atoms with E-state index < -0.39 is 5.97 Å². The van der Waals surface area contributed by atoms with Crippen molar-refractivity contribution in [3.8, 4) is 0 Å². The summed E-state index contributed by atoms with van der Waals surface area (Å²) in [7, 11) is 3.38. The average molecular weight is 225 g/mol. The fourth-order valence-corrected chi connectivity index (χ4v) is 1.32. The third-order valence-electron chi connectivity index (χ3n) is 2.24. The Hall–Kier alpha value is -1.85. The first-order valence-electron chi connectivity index (χ1n) is 4.97. The number of anilines is 1. The molecule has 1 aromatic rings. The van der Waals surface area contributed by atoms with E-state index in [2.05, 4.69) is 4.98 Å². The molecule has 1 heterocycles. The standard InChI is InChI=1S/C10H15N3O3/c1-12(6-3-4-8(14)15)9-10(16)13(2)7-5-11-9/h5,7H,3-4,6H2,1-2H3,(H,14,15). The second-order valence-corrected chi connectivity index (χ2v) is 3.59. The van der Waals surface area contributed by atoms with Gasteiger partial charge in [-0.3, -0.25) is 9.59 Å². The van der Waals surface area contributed by atoms with E-state index in [1.807, 2.05) is 0 Å². The van der Waals surface area contributed by atoms with Crippen molar-refractivity contribution in [2.45, 2.75) is 12.8 Å². The fraction of sp³-hybridized carbons (Fsp3) is 0.500. The molecule has 0 fully saturated rings. The minimum atomic E-state index is -0.831. The molecule has 0 radical (unpaired) electrons. The molecule has 0 aliphatic heterocycles. The molecule has 0 atom stereocenters. The Morgan fingerprint density at radius 1 is 1.62 bits per heavy atom. The van der Waals surface area contributed by atoms with Gasteiger partial charge in [-0.1, -0.05) is 0 Å². The number of hydrogen-bond acceptors (Lipinski definition) is 4. The van der Waals surface area contributed by atoms with Crippen molar-refractivity contribution in [3.63, 3.8) is 0 Å². The molecule has 1 N–H and O–H groups in total. The van der Waals surface area contributed by atoms with Crippen LogP contribution in [-0.2, 0) is 11.8 Å². The number of carbonyl (C=O) groups is 1. The third kappa shape index (κ3) is 3.08. The van der Waals surface area contributed by atoms with Crippen LogP contribution in [0.3, 0.4) is 0 Å². The van der Waals surface area contributed by atoms with Crippen LogP contribution >= 0.6 is 0 Å². The smallest absolute Gasteiger partial charge is 0.303 e. The maximum Gasteiger partial charge on any atom is 0.303 e. The van der Waals surface area contributed by atoms with Crippen LogP contribution in [0.25, 0.3) is 0 Å². The zero-order valence-corrected chi connectivity index (χ0v) is 9.38. The van der Waals surface area contributed by atoms with E-state index >= 15 is 0 Å². The predicted octanol–water partition coefficient (Wildman–Crippen LogP) is 0.0813. The molecule has 6 heteroatoms. The number of aliphatic carboxylic acids is 1. The summed E-state index contributed by atoms with van der Waals surface area (Å²) in [5, 5.41) is 8.50. The lowest BCUT2D eigenvalue weighted by molar-refractivity contribution is -0.137. The van der Waals surface area contributed by atoms with Gasteiger partial charge in [0.1, 0.15) is 0 Å². The van der Waals surface area contributed by atoms with Gasteiger partial charge in [0.2, 0.25) is 0 Å². The van der Waals surface area contributed by atoms with Crippen LogP contribution in [-0.4, -0.2) is 34.2 Å². The van der Waals surface area contributed by atoms with Gasteiger partial charge in [0.15, 0.2) is 5.82 Å². The molecule has 0 unspecified atom stereocenters. The second kappa shape index (κ2) is 5.29. The van der Waals surface area contributed by atoms with E-state index in [0.29, 0.717) is 18.8 Å². The number of carboxylic acids is 1. The lowest BCUT2D eigenvalue weighted by Gasteiger charge is -2.16. The number of aromatic nitrogens is 2. The Morgan fingerprint density at radius 2 is 2.31 bits per heavy atom. The van der Waals surface area contributed by atoms with Gasteiger partial charge in [0.25, 0.3) is 5.56 Å². The predicted molar refractivity (Wildman–Crippen MR) is 59.6 cm³/mol. The molecule has 0 aliphatic carbocycles. The molecule has 0 spiro atoms. The Morgan fingerprint density at radius 3 is 2.94 bits per heavy atom. The van der Waals surface area contributed by atoms with Gasteiger partial charge >= 0.3 is 5.97 Å². The third-order valence-corrected chi connectivity index (χ3v) is 2.24. The Kier molecular flexibility index (Phi) is 4.04. The summed E-state index contributed by atoms with van der Waals surface area (Å²) >= 11 is 0. The zero-order chi connectivity index (χ0) is 12.1. The van der Waals surface area contributed by atoms with Crippen molar-refractivity contribution >= 4 is 11.8 Å². The minimum absolute atomic E-state index is 0.0947. The van der Waals surface area contributed by atoms with E-state index in [-0.39, 0.29) is 12.0 Å². The highest BCUT2D eigenvalue weighted by atomic mass is 16.4. The van der Waals surface area contributed by atoms with Crippen LogP contribution in [0.5, 0.6) is 0 Å². The summed E-state index contributed by atoms with van der Waals surface area (Å²) in [5.41, 5.74) is -0.180. The van der Waals surface area contributed by atoms with Gasteiger partial charge in [-0.2, -0.15) is 0 Å². The average Bonchev–Trinajstić information content (AvgIpc) is 2.21. The molecule has 0 aliphatic rings. The molecule has 1 aromatic heterocycles. The van der Waals surface area contributed by atoms with Crippen molar-refractivity contribution in [1.82, 2.24) is 9.55 Å². The highest BCUT2D eigenvalue weighted by Gasteiger charge is 2.08. The fourth-order valence-electron chi connectivity index (χ4n) is 1.32. The quantitative estimate of drug-likeness (QED) is 0.768. The zero-order valence-electron chi connectivity index (χ0n) is 9.38. The topological polar surface area (TPSA) is 75.4 Å². The Balaban J connectivity index is 2.66. The molecule has 16 heavy (non-hydrogen) atoms. The minimum Gasteiger partial charge on any atom is -0.481 e. The van der Waals surface area contributed by atoms with Crippen LogP contribution in [0.1, 0.15) is 12.8 Å². The number of aryl methyl sites for hydroxylation is 1. The highest BCUT2D eigenvalue weighted by molar-refractivity contribution is 5.66. The molecular formula is C10H15N3O3. The first-order chi connectivity index (χ1) is 7.52. The van der Waals surface area contributed by atoms with Crippen molar-refractivity contribution in [2.24, 2.45) is 7.05 Å². The Bertz CT molecular complexity index is 428.